The molecule has 1 heterocycles. The van der Waals surface area contributed by atoms with Gasteiger partial charge in [-0.1, -0.05) is 36.4 Å². The summed E-state index contributed by atoms with van der Waals surface area (Å²) in [6.07, 6.45) is 0.650. The third-order valence-corrected chi connectivity index (χ3v) is 5.70. The number of hydrogen-bond acceptors (Lipinski definition) is 5. The van der Waals surface area contributed by atoms with Crippen LogP contribution in [-0.2, 0) is 11.2 Å². The van der Waals surface area contributed by atoms with Crippen molar-refractivity contribution in [3.8, 4) is 0 Å². The van der Waals surface area contributed by atoms with Crippen LogP contribution in [0.1, 0.15) is 29.0 Å². The van der Waals surface area contributed by atoms with Gasteiger partial charge in [0.2, 0.25) is 0 Å². The van der Waals surface area contributed by atoms with Gasteiger partial charge in [0.1, 0.15) is 0 Å². The number of nitrogens with two attached hydrogens (primary N) is 2. The lowest BCUT2D eigenvalue weighted by Crippen LogP contribution is -2.12. The Morgan fingerprint density at radius 2 is 1.77 bits per heavy atom. The molecule has 5 nitrogen and oxygen atoms in total. The van der Waals surface area contributed by atoms with Gasteiger partial charge in [-0.25, -0.2) is 0 Å². The van der Waals surface area contributed by atoms with E-state index in [0.717, 1.165) is 33.0 Å². The molecule has 2 aromatic rings. The number of nitrogens with one attached hydrogen (secondary N) is 1. The third kappa shape index (κ3) is 3.91. The first-order valence-corrected chi connectivity index (χ1v) is 9.32. The van der Waals surface area contributed by atoms with Crippen LogP contribution in [0, 0.1) is 5.41 Å². The van der Waals surface area contributed by atoms with Crippen LogP contribution < -0.4 is 11.5 Å². The summed E-state index contributed by atoms with van der Waals surface area (Å²) in [6.45, 7) is 0. The summed E-state index contributed by atoms with van der Waals surface area (Å²) in [5.74, 6) is 0.0735. The maximum absolute atomic E-state index is 10.7. The zero-order valence-corrected chi connectivity index (χ0v) is 15.1. The molecule has 3 rings (SSSR count). The van der Waals surface area contributed by atoms with Gasteiger partial charge in [0, 0.05) is 35.0 Å². The molecular weight excluding hydrogens is 346 g/mol. The summed E-state index contributed by atoms with van der Waals surface area (Å²) in [6, 6.07) is 15.2. The number of hydrogen-bond donors (Lipinski definition) is 4. The van der Waals surface area contributed by atoms with Crippen LogP contribution in [0.3, 0.4) is 0 Å². The Morgan fingerprint density at radius 1 is 1.12 bits per heavy atom. The van der Waals surface area contributed by atoms with Crippen LogP contribution in [0.25, 0.3) is 0 Å². The lowest BCUT2D eigenvalue weighted by Gasteiger charge is -2.12. The van der Waals surface area contributed by atoms with E-state index in [2.05, 4.69) is 0 Å². The monoisotopic (exact) mass is 367 g/mol. The van der Waals surface area contributed by atoms with E-state index >= 15 is 0 Å². The van der Waals surface area contributed by atoms with Gasteiger partial charge in [0.15, 0.2) is 0 Å². The molecule has 1 atom stereocenters. The van der Waals surface area contributed by atoms with Crippen molar-refractivity contribution in [1.29, 1.82) is 5.41 Å². The number of benzene rings is 2. The minimum Gasteiger partial charge on any atom is -0.481 e. The fourth-order valence-electron chi connectivity index (χ4n) is 2.94. The van der Waals surface area contributed by atoms with Crippen LogP contribution in [0.15, 0.2) is 59.1 Å². The highest BCUT2D eigenvalue weighted by Crippen LogP contribution is 2.40. The molecule has 6 heteroatoms. The molecule has 0 aliphatic carbocycles. The van der Waals surface area contributed by atoms with Crippen molar-refractivity contribution in [3.05, 3.63) is 75.8 Å². The van der Waals surface area contributed by atoms with E-state index in [-0.39, 0.29) is 12.3 Å². The van der Waals surface area contributed by atoms with E-state index in [1.54, 1.807) is 23.9 Å². The van der Waals surface area contributed by atoms with Crippen molar-refractivity contribution in [2.75, 3.05) is 11.5 Å². The number of aryl methyl sites for hydroxylation is 1. The summed E-state index contributed by atoms with van der Waals surface area (Å²) in [7, 11) is 0. The molecule has 1 aliphatic rings. The second-order valence-corrected chi connectivity index (χ2v) is 7.31. The maximum atomic E-state index is 10.7. The lowest BCUT2D eigenvalue weighted by molar-refractivity contribution is -0.136. The molecule has 0 saturated carbocycles. The molecule has 0 fully saturated rings. The molecule has 26 heavy (non-hydrogen) atoms. The number of aliphatic carboxylic acids is 1. The van der Waals surface area contributed by atoms with Gasteiger partial charge in [-0.3, -0.25) is 10.2 Å². The van der Waals surface area contributed by atoms with Gasteiger partial charge >= 0.3 is 5.97 Å². The first-order valence-electron chi connectivity index (χ1n) is 8.33. The number of thioether (sulfide) groups is 1. The minimum atomic E-state index is -0.792. The summed E-state index contributed by atoms with van der Waals surface area (Å²) >= 11 is 1.60. The SMILES string of the molecule is N=C(C1=C(N)C(c2ccc(CCC(=O)O)cc2)CS1)c1ccc(N)cc1. The average molecular weight is 367 g/mol. The molecule has 134 valence electrons. The normalized spacial score (nSPS) is 16.7. The van der Waals surface area contributed by atoms with E-state index in [1.165, 1.54) is 0 Å². The van der Waals surface area contributed by atoms with Gasteiger partial charge in [-0.15, -0.1) is 11.8 Å². The van der Waals surface area contributed by atoms with E-state index < -0.39 is 5.97 Å². The van der Waals surface area contributed by atoms with E-state index in [1.807, 2.05) is 36.4 Å². The number of carboxylic acid groups (broad SMARTS) is 1. The number of anilines is 1. The predicted molar refractivity (Wildman–Crippen MR) is 106 cm³/mol. The number of carboxylic acids is 1. The summed E-state index contributed by atoms with van der Waals surface area (Å²) in [5.41, 5.74) is 16.8. The molecule has 1 aliphatic heterocycles. The summed E-state index contributed by atoms with van der Waals surface area (Å²) in [4.78, 5) is 11.5. The fourth-order valence-corrected chi connectivity index (χ4v) is 4.22. The van der Waals surface area contributed by atoms with Crippen molar-refractivity contribution in [3.63, 3.8) is 0 Å². The van der Waals surface area contributed by atoms with Gasteiger partial charge in [-0.2, -0.15) is 0 Å². The second-order valence-electron chi connectivity index (χ2n) is 6.28. The van der Waals surface area contributed by atoms with Crippen molar-refractivity contribution < 1.29 is 9.90 Å². The zero-order chi connectivity index (χ0) is 18.7. The van der Waals surface area contributed by atoms with E-state index in [0.29, 0.717) is 17.8 Å². The van der Waals surface area contributed by atoms with Crippen LogP contribution >= 0.6 is 11.8 Å². The third-order valence-electron chi connectivity index (χ3n) is 4.47. The predicted octanol–water partition coefficient (Wildman–Crippen LogP) is 3.35. The second kappa shape index (κ2) is 7.66. The van der Waals surface area contributed by atoms with Gasteiger partial charge in [-0.05, 0) is 29.7 Å². The number of rotatable bonds is 6. The van der Waals surface area contributed by atoms with Crippen LogP contribution in [-0.4, -0.2) is 22.5 Å². The minimum absolute atomic E-state index is 0.0673. The van der Waals surface area contributed by atoms with Crippen LogP contribution in [0.5, 0.6) is 0 Å². The quantitative estimate of drug-likeness (QED) is 0.462. The maximum Gasteiger partial charge on any atom is 0.303 e. The number of allylic oxidation sites excluding steroid dienone is 2. The standard InChI is InChI=1S/C20H21N3O2S/c21-15-8-6-14(7-9-15)18(22)20-19(23)16(11-26-20)13-4-1-12(2-5-13)3-10-17(24)25/h1-2,4-9,16,22H,3,10-11,21,23H2,(H,24,25). The number of nitrogen functional groups attached to an aromatic ring is 1. The molecular formula is C20H21N3O2S. The summed E-state index contributed by atoms with van der Waals surface area (Å²) in [5, 5.41) is 17.2. The highest BCUT2D eigenvalue weighted by molar-refractivity contribution is 8.04. The molecule has 6 N–H and O–H groups in total. The molecule has 0 saturated heterocycles. The zero-order valence-electron chi connectivity index (χ0n) is 14.2. The fraction of sp³-hybridized carbons (Fsp3) is 0.200. The summed E-state index contributed by atoms with van der Waals surface area (Å²) < 4.78 is 0. The Labute approximate surface area is 156 Å². The Kier molecular flexibility index (Phi) is 5.32. The van der Waals surface area contributed by atoms with Crippen molar-refractivity contribution in [1.82, 2.24) is 0 Å². The molecule has 0 spiro atoms. The first-order chi connectivity index (χ1) is 12.5. The van der Waals surface area contributed by atoms with Gasteiger partial charge in [0.05, 0.1) is 10.6 Å². The van der Waals surface area contributed by atoms with E-state index in [9.17, 15) is 4.79 Å². The van der Waals surface area contributed by atoms with Gasteiger partial charge < -0.3 is 16.6 Å². The molecule has 0 aromatic heterocycles. The van der Waals surface area contributed by atoms with Crippen LogP contribution in [0.2, 0.25) is 0 Å². The Hall–Kier alpha value is -2.73. The molecule has 0 bridgehead atoms. The largest absolute Gasteiger partial charge is 0.481 e. The Bertz CT molecular complexity index is 858. The molecule has 1 unspecified atom stereocenters. The topological polar surface area (TPSA) is 113 Å². The average Bonchev–Trinajstić information content (AvgIpc) is 3.02. The molecule has 0 amide bonds. The van der Waals surface area contributed by atoms with Crippen LogP contribution in [0.4, 0.5) is 5.69 Å². The van der Waals surface area contributed by atoms with Gasteiger partial charge in [0.25, 0.3) is 0 Å². The van der Waals surface area contributed by atoms with Crippen molar-refractivity contribution in [2.45, 2.75) is 18.8 Å². The lowest BCUT2D eigenvalue weighted by atomic mass is 9.94. The smallest absolute Gasteiger partial charge is 0.303 e. The van der Waals surface area contributed by atoms with E-state index in [4.69, 9.17) is 22.0 Å². The molecule has 0 radical (unpaired) electrons. The molecule has 2 aromatic carbocycles. The van der Waals surface area contributed by atoms with Crippen molar-refractivity contribution in [2.24, 2.45) is 5.73 Å². The Morgan fingerprint density at radius 3 is 2.38 bits per heavy atom. The highest BCUT2D eigenvalue weighted by Gasteiger charge is 2.28. The highest BCUT2D eigenvalue weighted by atomic mass is 32.2. The van der Waals surface area contributed by atoms with Crippen molar-refractivity contribution >= 4 is 29.1 Å². The first kappa shape index (κ1) is 18.1. The Balaban J connectivity index is 1.77. The number of carbonyl (C=O) groups is 1.